The molecule has 0 aliphatic heterocycles. The first-order chi connectivity index (χ1) is 4.83. The van der Waals surface area contributed by atoms with Crippen molar-refractivity contribution in [3.05, 3.63) is 24.5 Å². The number of nitrogens with zero attached hydrogens (tertiary/aromatic N) is 1. The minimum atomic E-state index is 0. The van der Waals surface area contributed by atoms with E-state index in [1.165, 1.54) is 0 Å². The average molecular weight is 264 g/mol. The number of carbonyl (C=O) groups excluding carboxylic acids is 1. The first-order valence-electron chi connectivity index (χ1n) is 2.98. The maximum absolute atomic E-state index is 9.97. The van der Waals surface area contributed by atoms with Crippen LogP contribution in [0.15, 0.2) is 24.5 Å². The van der Waals surface area contributed by atoms with Crippen LogP contribution < -0.4 is 33.9 Å². The molecular formula is C7H9IN2O. The van der Waals surface area contributed by atoms with Gasteiger partial charge in [0.2, 0.25) is 6.41 Å². The van der Waals surface area contributed by atoms with Crippen molar-refractivity contribution in [3.63, 3.8) is 0 Å². The Bertz CT molecular complexity index is 240. The SMILES string of the molecule is C[n+]1cccc(NC=O)c1.[I-]. The number of halogens is 1. The number of hydrogen-bond donors (Lipinski definition) is 1. The minimum absolute atomic E-state index is 0. The maximum atomic E-state index is 9.97. The van der Waals surface area contributed by atoms with Gasteiger partial charge < -0.3 is 29.3 Å². The molecule has 0 atom stereocenters. The van der Waals surface area contributed by atoms with E-state index in [9.17, 15) is 4.79 Å². The van der Waals surface area contributed by atoms with Gasteiger partial charge in [0.1, 0.15) is 12.7 Å². The molecule has 1 amide bonds. The van der Waals surface area contributed by atoms with Crippen LogP contribution in [-0.4, -0.2) is 6.41 Å². The van der Waals surface area contributed by atoms with Crippen molar-refractivity contribution in [1.82, 2.24) is 0 Å². The van der Waals surface area contributed by atoms with E-state index in [-0.39, 0.29) is 24.0 Å². The molecule has 0 aliphatic carbocycles. The lowest BCUT2D eigenvalue weighted by molar-refractivity contribution is -0.670. The average Bonchev–Trinajstić information content (AvgIpc) is 1.88. The predicted octanol–water partition coefficient (Wildman–Crippen LogP) is -2.92. The lowest BCUT2D eigenvalue weighted by Gasteiger charge is -1.92. The Morgan fingerprint density at radius 3 is 2.91 bits per heavy atom. The summed E-state index contributed by atoms with van der Waals surface area (Å²) in [5.74, 6) is 0. The molecular weight excluding hydrogens is 255 g/mol. The summed E-state index contributed by atoms with van der Waals surface area (Å²) < 4.78 is 1.87. The summed E-state index contributed by atoms with van der Waals surface area (Å²) in [5.41, 5.74) is 0.806. The predicted molar refractivity (Wildman–Crippen MR) is 37.3 cm³/mol. The molecule has 4 heteroatoms. The summed E-state index contributed by atoms with van der Waals surface area (Å²) in [6.45, 7) is 0. The molecule has 0 saturated carbocycles. The lowest BCUT2D eigenvalue weighted by atomic mass is 10.4. The highest BCUT2D eigenvalue weighted by Gasteiger charge is 1.93. The molecule has 1 aromatic rings. The highest BCUT2D eigenvalue weighted by atomic mass is 127. The molecule has 1 N–H and O–H groups in total. The number of rotatable bonds is 2. The van der Waals surface area contributed by atoms with E-state index < -0.39 is 0 Å². The molecule has 0 spiro atoms. The van der Waals surface area contributed by atoms with Crippen LogP contribution in [-0.2, 0) is 11.8 Å². The summed E-state index contributed by atoms with van der Waals surface area (Å²) in [4.78, 5) is 9.97. The van der Waals surface area contributed by atoms with Gasteiger partial charge in [-0.1, -0.05) is 0 Å². The maximum Gasteiger partial charge on any atom is 0.211 e. The largest absolute Gasteiger partial charge is 1.00 e. The van der Waals surface area contributed by atoms with E-state index in [1.54, 1.807) is 0 Å². The smallest absolute Gasteiger partial charge is 0.211 e. The highest BCUT2D eigenvalue weighted by molar-refractivity contribution is 5.69. The molecule has 0 saturated heterocycles. The number of anilines is 1. The van der Waals surface area contributed by atoms with Crippen LogP contribution in [0.5, 0.6) is 0 Å². The van der Waals surface area contributed by atoms with Crippen molar-refractivity contribution < 1.29 is 33.3 Å². The zero-order chi connectivity index (χ0) is 7.40. The summed E-state index contributed by atoms with van der Waals surface area (Å²) in [6.07, 6.45) is 4.39. The van der Waals surface area contributed by atoms with E-state index in [2.05, 4.69) is 5.32 Å². The van der Waals surface area contributed by atoms with Gasteiger partial charge in [0, 0.05) is 6.07 Å². The van der Waals surface area contributed by atoms with Crippen molar-refractivity contribution >= 4 is 12.1 Å². The second-order valence-corrected chi connectivity index (χ2v) is 2.02. The number of hydrogen-bond acceptors (Lipinski definition) is 1. The first kappa shape index (κ1) is 10.3. The van der Waals surface area contributed by atoms with Gasteiger partial charge in [0.25, 0.3) is 0 Å². The molecule has 11 heavy (non-hydrogen) atoms. The van der Waals surface area contributed by atoms with E-state index in [0.717, 1.165) is 5.69 Å². The normalized spacial score (nSPS) is 8.09. The summed E-state index contributed by atoms with van der Waals surface area (Å²) in [5, 5.41) is 2.55. The first-order valence-corrected chi connectivity index (χ1v) is 2.98. The van der Waals surface area contributed by atoms with Gasteiger partial charge in [-0.15, -0.1) is 0 Å². The van der Waals surface area contributed by atoms with E-state index >= 15 is 0 Å². The highest BCUT2D eigenvalue weighted by Crippen LogP contribution is 1.97. The molecule has 0 fully saturated rings. The fourth-order valence-corrected chi connectivity index (χ4v) is 0.741. The second kappa shape index (κ2) is 5.06. The summed E-state index contributed by atoms with van der Waals surface area (Å²) in [6, 6.07) is 3.69. The third-order valence-electron chi connectivity index (χ3n) is 1.17. The Hall–Kier alpha value is -0.650. The summed E-state index contributed by atoms with van der Waals surface area (Å²) in [7, 11) is 1.90. The number of pyridine rings is 1. The van der Waals surface area contributed by atoms with Crippen LogP contribution in [0.1, 0.15) is 0 Å². The number of aryl methyl sites for hydroxylation is 1. The summed E-state index contributed by atoms with van der Waals surface area (Å²) >= 11 is 0. The molecule has 0 bridgehead atoms. The fraction of sp³-hybridized carbons (Fsp3) is 0.143. The third-order valence-corrected chi connectivity index (χ3v) is 1.17. The molecule has 1 aromatic heterocycles. The molecule has 0 aromatic carbocycles. The van der Waals surface area contributed by atoms with Crippen molar-refractivity contribution in [3.8, 4) is 0 Å². The Morgan fingerprint density at radius 1 is 1.64 bits per heavy atom. The molecule has 60 valence electrons. The lowest BCUT2D eigenvalue weighted by Crippen LogP contribution is -3.00. The monoisotopic (exact) mass is 264 g/mol. The zero-order valence-electron chi connectivity index (χ0n) is 6.12. The topological polar surface area (TPSA) is 33.0 Å². The van der Waals surface area contributed by atoms with Crippen molar-refractivity contribution in [1.29, 1.82) is 0 Å². The molecule has 3 nitrogen and oxygen atoms in total. The Labute approximate surface area is 82.4 Å². The van der Waals surface area contributed by atoms with Crippen LogP contribution in [0.4, 0.5) is 5.69 Å². The van der Waals surface area contributed by atoms with Crippen LogP contribution in [0, 0.1) is 0 Å². The van der Waals surface area contributed by atoms with Gasteiger partial charge in [-0.2, -0.15) is 0 Å². The quantitative estimate of drug-likeness (QED) is 0.346. The molecule has 0 aliphatic rings. The molecule has 0 radical (unpaired) electrons. The van der Waals surface area contributed by atoms with Gasteiger partial charge in [0.15, 0.2) is 12.4 Å². The van der Waals surface area contributed by atoms with Crippen LogP contribution in [0.2, 0.25) is 0 Å². The molecule has 1 heterocycles. The van der Waals surface area contributed by atoms with E-state index in [1.807, 2.05) is 36.1 Å². The minimum Gasteiger partial charge on any atom is -1.00 e. The van der Waals surface area contributed by atoms with Crippen LogP contribution in [0.25, 0.3) is 0 Å². The second-order valence-electron chi connectivity index (χ2n) is 2.02. The van der Waals surface area contributed by atoms with Gasteiger partial charge in [-0.25, -0.2) is 4.57 Å². The molecule has 0 unspecified atom stereocenters. The standard InChI is InChI=1S/C7H8N2O.HI/c1-9-4-2-3-7(5-9)8-6-10;/h2-6H,1H3;1H. The third kappa shape index (κ3) is 3.31. The van der Waals surface area contributed by atoms with Gasteiger partial charge in [-0.05, 0) is 6.07 Å². The van der Waals surface area contributed by atoms with Gasteiger partial charge in [-0.3, -0.25) is 4.79 Å². The van der Waals surface area contributed by atoms with Crippen molar-refractivity contribution in [2.45, 2.75) is 0 Å². The van der Waals surface area contributed by atoms with Crippen LogP contribution in [0.3, 0.4) is 0 Å². The number of nitrogens with one attached hydrogen (secondary N) is 1. The molecule has 1 rings (SSSR count). The fourth-order valence-electron chi connectivity index (χ4n) is 0.741. The van der Waals surface area contributed by atoms with Gasteiger partial charge >= 0.3 is 0 Å². The van der Waals surface area contributed by atoms with Crippen molar-refractivity contribution in [2.75, 3.05) is 5.32 Å². The van der Waals surface area contributed by atoms with Crippen LogP contribution >= 0.6 is 0 Å². The van der Waals surface area contributed by atoms with E-state index in [4.69, 9.17) is 0 Å². The Balaban J connectivity index is 0.000001000. The van der Waals surface area contributed by atoms with Gasteiger partial charge in [0.05, 0.1) is 0 Å². The van der Waals surface area contributed by atoms with Crippen molar-refractivity contribution in [2.24, 2.45) is 7.05 Å². The number of carbonyl (C=O) groups is 1. The Kier molecular flexibility index (Phi) is 4.76. The zero-order valence-corrected chi connectivity index (χ0v) is 8.28. The number of aromatic nitrogens is 1. The van der Waals surface area contributed by atoms with E-state index in [0.29, 0.717) is 6.41 Å². The number of amides is 1. The Morgan fingerprint density at radius 2 is 2.36 bits per heavy atom.